The smallest absolute Gasteiger partial charge is 0.432 e. The maximum Gasteiger partial charge on any atom is 0.432 e. The fraction of sp³-hybridized carbons (Fsp3) is 0.212. The number of aromatic nitrogens is 2. The maximum absolute atomic E-state index is 14.0. The first-order valence-corrected chi connectivity index (χ1v) is 14.4. The minimum Gasteiger partial charge on any atom is -0.497 e. The molecule has 4 heterocycles. The third-order valence-electron chi connectivity index (χ3n) is 9.19. The van der Waals surface area contributed by atoms with Gasteiger partial charge in [-0.25, -0.2) is 4.79 Å². The van der Waals surface area contributed by atoms with E-state index in [0.717, 1.165) is 7.11 Å². The highest BCUT2D eigenvalue weighted by Crippen LogP contribution is 2.68. The SMILES string of the molecule is COC(=O)c1c(C(F)(F)F)[nH]c2c1[C@@]13C[C@@H]1CN(C(=O)c1cc4cc(NC(=O)c5cc6cc(OC)ccc6o5)ccc4[nH]1)C3=CC2=O. The Labute approximate surface area is 262 Å². The highest BCUT2D eigenvalue weighted by molar-refractivity contribution is 6.12. The molecule has 1 saturated carbocycles. The van der Waals surface area contributed by atoms with Crippen molar-refractivity contribution in [3.05, 3.63) is 94.3 Å². The number of piperidine rings is 1. The molecule has 3 N–H and O–H groups in total. The van der Waals surface area contributed by atoms with Gasteiger partial charge in [-0.15, -0.1) is 0 Å². The topological polar surface area (TPSA) is 147 Å². The molecule has 8 rings (SSSR count). The maximum atomic E-state index is 14.0. The number of nitrogens with zero attached hydrogens (tertiary/aromatic N) is 1. The highest BCUT2D eigenvalue weighted by atomic mass is 19.4. The van der Waals surface area contributed by atoms with Gasteiger partial charge in [0.2, 0.25) is 5.78 Å². The molecule has 0 radical (unpaired) electrons. The first-order valence-electron chi connectivity index (χ1n) is 14.4. The summed E-state index contributed by atoms with van der Waals surface area (Å²) in [6.07, 6.45) is -3.40. The van der Waals surface area contributed by atoms with Crippen molar-refractivity contribution in [1.82, 2.24) is 14.9 Å². The number of hydrogen-bond donors (Lipinski definition) is 3. The Hall–Kier alpha value is -5.79. The minimum atomic E-state index is -4.95. The number of anilines is 1. The van der Waals surface area contributed by atoms with Gasteiger partial charge < -0.3 is 34.1 Å². The molecular formula is C33H23F3N4O7. The molecule has 14 heteroatoms. The number of hydrogen-bond acceptors (Lipinski definition) is 7. The predicted molar refractivity (Wildman–Crippen MR) is 159 cm³/mol. The van der Waals surface area contributed by atoms with Gasteiger partial charge in [0.1, 0.15) is 22.7 Å². The molecule has 2 atom stereocenters. The standard InChI is InChI=1S/C33H23F3N4O7/c1-45-18-4-6-22-15(8-18)10-23(47-22)29(42)37-17-3-5-19-14(7-17)9-20(38-19)30(43)40-13-16-12-32(16)24(40)11-21(41)27-26(32)25(31(44)46-2)28(39-27)33(34,35)36/h3-11,16,38-39H,12-13H2,1-2H3,(H,37,42)/t16-,32+/m1/s1. The number of H-pyrrole nitrogens is 2. The van der Waals surface area contributed by atoms with E-state index in [0.29, 0.717) is 39.7 Å². The Morgan fingerprint density at radius 2 is 1.85 bits per heavy atom. The zero-order chi connectivity index (χ0) is 33.0. The highest BCUT2D eigenvalue weighted by Gasteiger charge is 2.69. The van der Waals surface area contributed by atoms with Crippen LogP contribution in [0.5, 0.6) is 5.75 Å². The molecule has 2 amide bonds. The summed E-state index contributed by atoms with van der Waals surface area (Å²) in [4.78, 5) is 59.1. The number of fused-ring (bicyclic) bond motifs is 3. The summed E-state index contributed by atoms with van der Waals surface area (Å²) in [5, 5.41) is 4.09. The number of benzene rings is 2. The van der Waals surface area contributed by atoms with Crippen LogP contribution in [-0.2, 0) is 16.3 Å². The van der Waals surface area contributed by atoms with E-state index in [2.05, 4.69) is 15.3 Å². The quantitative estimate of drug-likeness (QED) is 0.205. The van der Waals surface area contributed by atoms with Crippen LogP contribution in [0.1, 0.15) is 59.6 Å². The van der Waals surface area contributed by atoms with E-state index in [9.17, 15) is 32.3 Å². The lowest BCUT2D eigenvalue weighted by molar-refractivity contribution is -0.141. The number of allylic oxidation sites excluding steroid dienone is 2. The van der Waals surface area contributed by atoms with Gasteiger partial charge in [-0.1, -0.05) is 0 Å². The number of carbonyl (C=O) groups excluding carboxylic acids is 4. The van der Waals surface area contributed by atoms with E-state index >= 15 is 0 Å². The van der Waals surface area contributed by atoms with Crippen molar-refractivity contribution in [2.45, 2.75) is 18.0 Å². The lowest BCUT2D eigenvalue weighted by atomic mass is 9.82. The number of alkyl halides is 3. The molecule has 2 aromatic carbocycles. The molecule has 3 aromatic heterocycles. The van der Waals surface area contributed by atoms with Gasteiger partial charge in [0.25, 0.3) is 11.8 Å². The van der Waals surface area contributed by atoms with Gasteiger partial charge in [0.05, 0.1) is 25.5 Å². The van der Waals surface area contributed by atoms with Crippen LogP contribution in [0, 0.1) is 5.92 Å². The van der Waals surface area contributed by atoms with Gasteiger partial charge in [-0.2, -0.15) is 13.2 Å². The largest absolute Gasteiger partial charge is 0.497 e. The number of methoxy groups -OCH3 is 2. The number of amides is 2. The number of esters is 1. The van der Waals surface area contributed by atoms with E-state index in [1.165, 1.54) is 11.0 Å². The summed E-state index contributed by atoms with van der Waals surface area (Å²) in [7, 11) is 2.51. The number of ketones is 1. The Morgan fingerprint density at radius 3 is 2.60 bits per heavy atom. The van der Waals surface area contributed by atoms with Crippen LogP contribution in [0.4, 0.5) is 18.9 Å². The minimum absolute atomic E-state index is 0.0694. The molecule has 5 aromatic rings. The Balaban J connectivity index is 1.07. The second-order valence-corrected chi connectivity index (χ2v) is 11.7. The molecule has 1 spiro atoms. The number of carbonyl (C=O) groups is 4. The fourth-order valence-electron chi connectivity index (χ4n) is 7.03. The number of furan rings is 1. The second kappa shape index (κ2) is 9.61. The summed E-state index contributed by atoms with van der Waals surface area (Å²) in [6.45, 7) is 0.143. The number of ether oxygens (including phenoxy) is 2. The molecule has 0 unspecified atom stereocenters. The van der Waals surface area contributed by atoms with Crippen LogP contribution in [0.15, 0.2) is 64.7 Å². The van der Waals surface area contributed by atoms with Crippen molar-refractivity contribution >= 4 is 51.1 Å². The zero-order valence-corrected chi connectivity index (χ0v) is 24.6. The molecule has 0 bridgehead atoms. The number of likely N-dealkylation sites (tertiary alicyclic amines) is 1. The van der Waals surface area contributed by atoms with Crippen LogP contribution >= 0.6 is 0 Å². The molecule has 2 aliphatic carbocycles. The summed E-state index contributed by atoms with van der Waals surface area (Å²) in [5.74, 6) is -2.54. The second-order valence-electron chi connectivity index (χ2n) is 11.7. The van der Waals surface area contributed by atoms with E-state index in [4.69, 9.17) is 13.9 Å². The van der Waals surface area contributed by atoms with Crippen molar-refractivity contribution in [3.63, 3.8) is 0 Å². The van der Waals surface area contributed by atoms with Crippen LogP contribution < -0.4 is 10.1 Å². The number of halogens is 3. The first-order chi connectivity index (χ1) is 22.4. The van der Waals surface area contributed by atoms with Crippen LogP contribution in [0.3, 0.4) is 0 Å². The fourth-order valence-corrected chi connectivity index (χ4v) is 7.03. The average Bonchev–Trinajstić information content (AvgIpc) is 3.51. The van der Waals surface area contributed by atoms with E-state index in [1.807, 2.05) is 0 Å². The number of aromatic amines is 2. The Morgan fingerprint density at radius 1 is 1.04 bits per heavy atom. The molecule has 1 aliphatic heterocycles. The normalized spacial score (nSPS) is 19.7. The van der Waals surface area contributed by atoms with Crippen LogP contribution in [0.2, 0.25) is 0 Å². The van der Waals surface area contributed by atoms with Crippen molar-refractivity contribution in [1.29, 1.82) is 0 Å². The summed E-state index contributed by atoms with van der Waals surface area (Å²) in [5.41, 5.74) is -1.60. The van der Waals surface area contributed by atoms with Crippen molar-refractivity contribution in [2.75, 3.05) is 26.1 Å². The van der Waals surface area contributed by atoms with Gasteiger partial charge >= 0.3 is 12.1 Å². The van der Waals surface area contributed by atoms with E-state index in [-0.39, 0.29) is 40.9 Å². The van der Waals surface area contributed by atoms with Gasteiger partial charge in [0.15, 0.2) is 5.76 Å². The number of nitrogens with one attached hydrogen (secondary N) is 3. The van der Waals surface area contributed by atoms with Crippen molar-refractivity contribution < 1.29 is 46.2 Å². The third kappa shape index (κ3) is 4.13. The molecule has 11 nitrogen and oxygen atoms in total. The molecular weight excluding hydrogens is 621 g/mol. The van der Waals surface area contributed by atoms with Gasteiger partial charge in [-0.3, -0.25) is 14.4 Å². The van der Waals surface area contributed by atoms with Crippen molar-refractivity contribution in [2.24, 2.45) is 5.92 Å². The average molecular weight is 645 g/mol. The summed E-state index contributed by atoms with van der Waals surface area (Å²) < 4.78 is 57.4. The zero-order valence-electron chi connectivity index (χ0n) is 24.6. The first kappa shape index (κ1) is 28.7. The monoisotopic (exact) mass is 644 g/mol. The summed E-state index contributed by atoms with van der Waals surface area (Å²) >= 11 is 0. The third-order valence-corrected chi connectivity index (χ3v) is 9.19. The predicted octanol–water partition coefficient (Wildman–Crippen LogP) is 5.80. The molecule has 47 heavy (non-hydrogen) atoms. The Kier molecular flexibility index (Phi) is 5.86. The Bertz CT molecular complexity index is 2260. The van der Waals surface area contributed by atoms with Crippen LogP contribution in [0.25, 0.3) is 21.9 Å². The van der Waals surface area contributed by atoms with E-state index < -0.39 is 46.4 Å². The molecule has 1 saturated heterocycles. The molecule has 238 valence electrons. The number of rotatable bonds is 5. The van der Waals surface area contributed by atoms with Crippen LogP contribution in [-0.4, -0.2) is 59.2 Å². The van der Waals surface area contributed by atoms with Crippen molar-refractivity contribution in [3.8, 4) is 5.75 Å². The van der Waals surface area contributed by atoms with E-state index in [1.54, 1.807) is 55.6 Å². The molecule has 2 fully saturated rings. The van der Waals surface area contributed by atoms with Gasteiger partial charge in [0, 0.05) is 51.3 Å². The lowest BCUT2D eigenvalue weighted by Gasteiger charge is -2.28. The summed E-state index contributed by atoms with van der Waals surface area (Å²) in [6, 6.07) is 13.4. The lowest BCUT2D eigenvalue weighted by Crippen LogP contribution is -2.34. The van der Waals surface area contributed by atoms with Gasteiger partial charge in [-0.05, 0) is 60.9 Å². The molecule has 3 aliphatic rings.